The Morgan fingerprint density at radius 2 is 2.20 bits per heavy atom. The van der Waals surface area contributed by atoms with E-state index < -0.39 is 20.8 Å². The average Bonchev–Trinajstić information content (AvgIpc) is 2.47. The third-order valence-electron chi connectivity index (χ3n) is 4.25. The minimum absolute atomic E-state index is 0.0421. The zero-order chi connectivity index (χ0) is 14.8. The van der Waals surface area contributed by atoms with Gasteiger partial charge >= 0.3 is 0 Å². The molecule has 1 amide bonds. The Hall–Kier alpha value is -0.270. The molecule has 5 nitrogen and oxygen atoms in total. The number of carbonyl (C=O) groups excluding carboxylic acids is 1. The van der Waals surface area contributed by atoms with Crippen LogP contribution in [0.2, 0.25) is 0 Å². The van der Waals surface area contributed by atoms with Gasteiger partial charge in [-0.05, 0) is 32.7 Å². The molecule has 2 atom stereocenters. The number of piperidine rings is 1. The van der Waals surface area contributed by atoms with Gasteiger partial charge in [-0.15, -0.1) is 0 Å². The van der Waals surface area contributed by atoms with Crippen LogP contribution in [0.3, 0.4) is 0 Å². The van der Waals surface area contributed by atoms with Crippen LogP contribution < -0.4 is 5.32 Å². The first-order valence-corrected chi connectivity index (χ1v) is 10.1. The molecule has 0 radical (unpaired) electrons. The monoisotopic (exact) mass is 320 g/mol. The van der Waals surface area contributed by atoms with Crippen molar-refractivity contribution in [3.63, 3.8) is 0 Å². The predicted octanol–water partition coefficient (Wildman–Crippen LogP) is 0.855. The van der Waals surface area contributed by atoms with Gasteiger partial charge in [-0.1, -0.05) is 6.92 Å². The van der Waals surface area contributed by atoms with Crippen LogP contribution in [0.4, 0.5) is 0 Å². The van der Waals surface area contributed by atoms with Gasteiger partial charge in [-0.2, -0.15) is 11.8 Å². The zero-order valence-electron chi connectivity index (χ0n) is 12.2. The molecule has 2 aliphatic heterocycles. The third kappa shape index (κ3) is 3.14. The van der Waals surface area contributed by atoms with E-state index in [1.807, 2.05) is 6.92 Å². The van der Waals surface area contributed by atoms with Crippen molar-refractivity contribution < 1.29 is 13.2 Å². The second kappa shape index (κ2) is 6.23. The molecule has 0 aromatic heterocycles. The fourth-order valence-corrected chi connectivity index (χ4v) is 5.82. The molecule has 20 heavy (non-hydrogen) atoms. The van der Waals surface area contributed by atoms with Gasteiger partial charge < -0.3 is 10.2 Å². The molecule has 2 aliphatic rings. The topological polar surface area (TPSA) is 66.5 Å². The van der Waals surface area contributed by atoms with E-state index in [9.17, 15) is 13.2 Å². The fraction of sp³-hybridized carbons (Fsp3) is 0.923. The Morgan fingerprint density at radius 1 is 1.45 bits per heavy atom. The van der Waals surface area contributed by atoms with E-state index in [2.05, 4.69) is 5.32 Å². The fourth-order valence-electron chi connectivity index (χ4n) is 2.86. The normalized spacial score (nSPS) is 32.1. The molecule has 0 aromatic carbocycles. The van der Waals surface area contributed by atoms with E-state index in [1.54, 1.807) is 23.6 Å². The second-order valence-electron chi connectivity index (χ2n) is 5.70. The number of thioether (sulfide) groups is 1. The Bertz CT molecular complexity index is 458. The lowest BCUT2D eigenvalue weighted by Gasteiger charge is -2.42. The maximum Gasteiger partial charge on any atom is 0.243 e. The van der Waals surface area contributed by atoms with Crippen LogP contribution in [0.25, 0.3) is 0 Å². The van der Waals surface area contributed by atoms with Gasteiger partial charge in [0.05, 0.1) is 5.54 Å². The van der Waals surface area contributed by atoms with Gasteiger partial charge in [0.2, 0.25) is 5.91 Å². The van der Waals surface area contributed by atoms with Gasteiger partial charge in [0.25, 0.3) is 0 Å². The number of sulfone groups is 1. The summed E-state index contributed by atoms with van der Waals surface area (Å²) >= 11 is 1.62. The number of nitrogens with zero attached hydrogens (tertiary/aromatic N) is 1. The summed E-state index contributed by atoms with van der Waals surface area (Å²) in [6.07, 6.45) is 2.88. The molecular formula is C13H24N2O3S2. The Morgan fingerprint density at radius 3 is 2.80 bits per heavy atom. The summed E-state index contributed by atoms with van der Waals surface area (Å²) in [6, 6.07) is 0. The number of hydrogen-bond donors (Lipinski definition) is 1. The van der Waals surface area contributed by atoms with Crippen LogP contribution >= 0.6 is 11.8 Å². The lowest BCUT2D eigenvalue weighted by atomic mass is 9.89. The number of hydrogen-bond acceptors (Lipinski definition) is 5. The minimum atomic E-state index is -3.22. The molecule has 7 heteroatoms. The van der Waals surface area contributed by atoms with E-state index in [0.29, 0.717) is 12.3 Å². The molecule has 0 saturated carbocycles. The first-order valence-electron chi connectivity index (χ1n) is 7.26. The van der Waals surface area contributed by atoms with Crippen molar-refractivity contribution in [3.8, 4) is 0 Å². The SMILES string of the molecule is CCS(=O)(=O)C1CSCCN1C(=O)C1(C)CCCCN1. The highest BCUT2D eigenvalue weighted by atomic mass is 32.2. The van der Waals surface area contributed by atoms with Crippen molar-refractivity contribution in [1.29, 1.82) is 0 Å². The van der Waals surface area contributed by atoms with Crippen LogP contribution in [0.1, 0.15) is 33.1 Å². The van der Waals surface area contributed by atoms with E-state index in [-0.39, 0.29) is 11.7 Å². The van der Waals surface area contributed by atoms with Gasteiger partial charge in [-0.25, -0.2) is 8.42 Å². The van der Waals surface area contributed by atoms with Crippen LogP contribution in [0, 0.1) is 0 Å². The van der Waals surface area contributed by atoms with Gasteiger partial charge in [0.1, 0.15) is 5.37 Å². The molecular weight excluding hydrogens is 296 g/mol. The molecule has 116 valence electrons. The summed E-state index contributed by atoms with van der Waals surface area (Å²) in [5.74, 6) is 1.36. The van der Waals surface area contributed by atoms with Gasteiger partial charge in [-0.3, -0.25) is 4.79 Å². The molecule has 2 saturated heterocycles. The van der Waals surface area contributed by atoms with Crippen LogP contribution in [0.15, 0.2) is 0 Å². The summed E-state index contributed by atoms with van der Waals surface area (Å²) in [4.78, 5) is 14.4. The van der Waals surface area contributed by atoms with Crippen molar-refractivity contribution in [2.45, 2.75) is 44.0 Å². The Kier molecular flexibility index (Phi) is 5.02. The quantitative estimate of drug-likeness (QED) is 0.835. The molecule has 2 heterocycles. The number of rotatable bonds is 3. The highest BCUT2D eigenvalue weighted by Gasteiger charge is 2.43. The molecule has 2 fully saturated rings. The van der Waals surface area contributed by atoms with Crippen LogP contribution in [-0.2, 0) is 14.6 Å². The van der Waals surface area contributed by atoms with Gasteiger partial charge in [0.15, 0.2) is 9.84 Å². The minimum Gasteiger partial charge on any atom is -0.322 e. The van der Waals surface area contributed by atoms with Gasteiger partial charge in [0, 0.05) is 23.8 Å². The summed E-state index contributed by atoms with van der Waals surface area (Å²) in [5, 5.41) is 2.64. The molecule has 0 bridgehead atoms. The standard InChI is InChI=1S/C13H24N2O3S2/c1-3-20(17,18)11-10-19-9-8-15(11)12(16)13(2)6-4-5-7-14-13/h11,14H,3-10H2,1-2H3. The van der Waals surface area contributed by atoms with Crippen molar-refractivity contribution in [2.75, 3.05) is 30.3 Å². The van der Waals surface area contributed by atoms with Crippen LogP contribution in [0.5, 0.6) is 0 Å². The summed E-state index contributed by atoms with van der Waals surface area (Å²) in [6.45, 7) is 4.92. The summed E-state index contributed by atoms with van der Waals surface area (Å²) < 4.78 is 24.5. The lowest BCUT2D eigenvalue weighted by Crippen LogP contribution is -2.62. The highest BCUT2D eigenvalue weighted by Crippen LogP contribution is 2.27. The number of amides is 1. The van der Waals surface area contributed by atoms with Crippen molar-refractivity contribution in [3.05, 3.63) is 0 Å². The largest absolute Gasteiger partial charge is 0.322 e. The Balaban J connectivity index is 2.21. The molecule has 0 aromatic rings. The predicted molar refractivity (Wildman–Crippen MR) is 82.5 cm³/mol. The maximum atomic E-state index is 12.8. The smallest absolute Gasteiger partial charge is 0.243 e. The Labute approximate surface area is 125 Å². The van der Waals surface area contributed by atoms with E-state index in [4.69, 9.17) is 0 Å². The molecule has 2 unspecified atom stereocenters. The maximum absolute atomic E-state index is 12.8. The van der Waals surface area contributed by atoms with Crippen molar-refractivity contribution >= 4 is 27.5 Å². The molecule has 0 spiro atoms. The van der Waals surface area contributed by atoms with Crippen molar-refractivity contribution in [1.82, 2.24) is 10.2 Å². The lowest BCUT2D eigenvalue weighted by molar-refractivity contribution is -0.139. The van der Waals surface area contributed by atoms with Crippen LogP contribution in [-0.4, -0.2) is 60.5 Å². The molecule has 1 N–H and O–H groups in total. The number of nitrogens with one attached hydrogen (secondary N) is 1. The highest BCUT2D eigenvalue weighted by molar-refractivity contribution is 8.01. The summed E-state index contributed by atoms with van der Waals surface area (Å²) in [5.41, 5.74) is -0.595. The van der Waals surface area contributed by atoms with Crippen molar-refractivity contribution in [2.24, 2.45) is 0 Å². The third-order valence-corrected chi connectivity index (χ3v) is 7.54. The molecule has 2 rings (SSSR count). The van der Waals surface area contributed by atoms with E-state index >= 15 is 0 Å². The average molecular weight is 320 g/mol. The first-order chi connectivity index (χ1) is 9.41. The van der Waals surface area contributed by atoms with E-state index in [0.717, 1.165) is 31.6 Å². The zero-order valence-corrected chi connectivity index (χ0v) is 13.9. The molecule has 0 aliphatic carbocycles. The first kappa shape index (κ1) is 16.1. The summed E-state index contributed by atoms with van der Waals surface area (Å²) in [7, 11) is -3.22. The second-order valence-corrected chi connectivity index (χ2v) is 9.29. The van der Waals surface area contributed by atoms with E-state index in [1.165, 1.54) is 0 Å². The number of carbonyl (C=O) groups is 1.